The van der Waals surface area contributed by atoms with Gasteiger partial charge in [0.25, 0.3) is 0 Å². The van der Waals surface area contributed by atoms with Crippen molar-refractivity contribution in [3.8, 4) is 0 Å². The molecule has 1 N–H and O–H groups in total. The largest absolute Gasteiger partial charge is 0.394 e. The average Bonchev–Trinajstić information content (AvgIpc) is 2.83. The molecule has 1 aromatic rings. The van der Waals surface area contributed by atoms with Gasteiger partial charge in [-0.05, 0) is 11.1 Å². The third kappa shape index (κ3) is 3.00. The monoisotopic (exact) mass is 249 g/mol. The van der Waals surface area contributed by atoms with Gasteiger partial charge >= 0.3 is 0 Å². The molecule has 1 saturated heterocycles. The third-order valence-electron chi connectivity index (χ3n) is 2.96. The normalized spacial score (nSPS) is 26.8. The van der Waals surface area contributed by atoms with Crippen LogP contribution in [0.15, 0.2) is 35.4 Å². The molecule has 0 spiro atoms. The second-order valence-electron chi connectivity index (χ2n) is 4.06. The Morgan fingerprint density at radius 3 is 2.89 bits per heavy atom. The van der Waals surface area contributed by atoms with Crippen LogP contribution in [0, 0.1) is 0 Å². The molecule has 6 heteroatoms. The van der Waals surface area contributed by atoms with E-state index in [-0.39, 0.29) is 31.6 Å². The van der Waals surface area contributed by atoms with Crippen LogP contribution in [-0.4, -0.2) is 30.7 Å². The molecule has 6 nitrogen and oxygen atoms in total. The molecule has 1 unspecified atom stereocenters. The SMILES string of the molecule is [N-]=[N+]=NCOC1C[C@H](c2ccccc2)O[C@@H]1CO. The standard InChI is InChI=1S/C12H15N3O3/c13-15-14-8-17-11-6-10(18-12(11)7-16)9-4-2-1-3-5-9/h1-5,10-12,16H,6-8H2/t10-,11?,12-/m1/s1. The Balaban J connectivity index is 1.99. The van der Waals surface area contributed by atoms with Crippen LogP contribution >= 0.6 is 0 Å². The minimum absolute atomic E-state index is 0.0392. The predicted octanol–water partition coefficient (Wildman–Crippen LogP) is 2.16. The van der Waals surface area contributed by atoms with Gasteiger partial charge in [0.2, 0.25) is 0 Å². The average molecular weight is 249 g/mol. The summed E-state index contributed by atoms with van der Waals surface area (Å²) < 4.78 is 11.1. The van der Waals surface area contributed by atoms with Crippen molar-refractivity contribution >= 4 is 0 Å². The van der Waals surface area contributed by atoms with Gasteiger partial charge in [0, 0.05) is 11.3 Å². The lowest BCUT2D eigenvalue weighted by Crippen LogP contribution is -2.27. The molecule has 18 heavy (non-hydrogen) atoms. The Kier molecular flexibility index (Phi) is 4.55. The molecule has 0 bridgehead atoms. The highest BCUT2D eigenvalue weighted by molar-refractivity contribution is 5.19. The Hall–Kier alpha value is -1.59. The topological polar surface area (TPSA) is 87.5 Å². The summed E-state index contributed by atoms with van der Waals surface area (Å²) >= 11 is 0. The van der Waals surface area contributed by atoms with Crippen LogP contribution in [0.3, 0.4) is 0 Å². The van der Waals surface area contributed by atoms with Crippen LogP contribution in [0.1, 0.15) is 18.1 Å². The molecular formula is C12H15N3O3. The van der Waals surface area contributed by atoms with Gasteiger partial charge in [-0.25, -0.2) is 0 Å². The summed E-state index contributed by atoms with van der Waals surface area (Å²) in [6.45, 7) is -0.146. The lowest BCUT2D eigenvalue weighted by molar-refractivity contribution is -0.0460. The summed E-state index contributed by atoms with van der Waals surface area (Å²) in [6.07, 6.45) is -0.0508. The van der Waals surface area contributed by atoms with Crippen molar-refractivity contribution in [1.29, 1.82) is 0 Å². The van der Waals surface area contributed by atoms with E-state index in [1.807, 2.05) is 30.3 Å². The van der Waals surface area contributed by atoms with Crippen molar-refractivity contribution in [3.63, 3.8) is 0 Å². The van der Waals surface area contributed by atoms with Gasteiger partial charge in [-0.3, -0.25) is 0 Å². The molecule has 0 aromatic heterocycles. The number of ether oxygens (including phenoxy) is 2. The highest BCUT2D eigenvalue weighted by atomic mass is 16.6. The van der Waals surface area contributed by atoms with E-state index in [9.17, 15) is 5.11 Å². The Labute approximate surface area is 105 Å². The second-order valence-corrected chi connectivity index (χ2v) is 4.06. The smallest absolute Gasteiger partial charge is 0.126 e. The Bertz CT molecular complexity index is 420. The first-order valence-corrected chi connectivity index (χ1v) is 5.79. The van der Waals surface area contributed by atoms with E-state index < -0.39 is 0 Å². The molecule has 1 aliphatic rings. The fourth-order valence-electron chi connectivity index (χ4n) is 2.09. The molecule has 1 aromatic carbocycles. The highest BCUT2D eigenvalue weighted by Crippen LogP contribution is 2.34. The summed E-state index contributed by atoms with van der Waals surface area (Å²) in [5.74, 6) is 0. The molecule has 0 amide bonds. The minimum atomic E-state index is -0.371. The summed E-state index contributed by atoms with van der Waals surface area (Å²) in [5.41, 5.74) is 9.25. The van der Waals surface area contributed by atoms with Crippen LogP contribution in [0.2, 0.25) is 0 Å². The van der Waals surface area contributed by atoms with Crippen LogP contribution < -0.4 is 0 Å². The van der Waals surface area contributed by atoms with E-state index in [1.54, 1.807) is 0 Å². The van der Waals surface area contributed by atoms with Crippen molar-refractivity contribution in [3.05, 3.63) is 46.3 Å². The predicted molar refractivity (Wildman–Crippen MR) is 64.6 cm³/mol. The number of hydrogen-bond acceptors (Lipinski definition) is 4. The molecule has 0 saturated carbocycles. The zero-order valence-corrected chi connectivity index (χ0v) is 9.85. The van der Waals surface area contributed by atoms with Crippen molar-refractivity contribution < 1.29 is 14.6 Å². The van der Waals surface area contributed by atoms with Crippen LogP contribution in [0.5, 0.6) is 0 Å². The number of benzene rings is 1. The molecule has 0 aliphatic carbocycles. The number of aliphatic hydroxyl groups excluding tert-OH is 1. The van der Waals surface area contributed by atoms with E-state index in [4.69, 9.17) is 15.0 Å². The fraction of sp³-hybridized carbons (Fsp3) is 0.500. The van der Waals surface area contributed by atoms with E-state index in [0.29, 0.717) is 6.42 Å². The number of azide groups is 1. The summed E-state index contributed by atoms with van der Waals surface area (Å²) in [6, 6.07) is 9.79. The minimum Gasteiger partial charge on any atom is -0.394 e. The zero-order chi connectivity index (χ0) is 12.8. The summed E-state index contributed by atoms with van der Waals surface area (Å²) in [5, 5.41) is 12.6. The number of rotatable bonds is 5. The maximum atomic E-state index is 9.25. The van der Waals surface area contributed by atoms with Crippen molar-refractivity contribution in [2.45, 2.75) is 24.7 Å². The Morgan fingerprint density at radius 1 is 1.44 bits per heavy atom. The van der Waals surface area contributed by atoms with Gasteiger partial charge in [-0.2, -0.15) is 0 Å². The number of hydrogen-bond donors (Lipinski definition) is 1. The molecule has 0 radical (unpaired) electrons. The maximum absolute atomic E-state index is 9.25. The quantitative estimate of drug-likeness (QED) is 0.492. The van der Waals surface area contributed by atoms with Crippen molar-refractivity contribution in [2.75, 3.05) is 13.3 Å². The molecule has 2 rings (SSSR count). The van der Waals surface area contributed by atoms with Gasteiger partial charge < -0.3 is 14.6 Å². The summed E-state index contributed by atoms with van der Waals surface area (Å²) in [4.78, 5) is 2.62. The first-order valence-electron chi connectivity index (χ1n) is 5.79. The first-order chi connectivity index (χ1) is 8.85. The lowest BCUT2D eigenvalue weighted by Gasteiger charge is -2.15. The van der Waals surface area contributed by atoms with E-state index in [2.05, 4.69) is 10.0 Å². The second kappa shape index (κ2) is 6.37. The summed E-state index contributed by atoms with van der Waals surface area (Å²) in [7, 11) is 0. The number of aliphatic hydroxyl groups is 1. The van der Waals surface area contributed by atoms with E-state index >= 15 is 0 Å². The van der Waals surface area contributed by atoms with Crippen molar-refractivity contribution in [1.82, 2.24) is 0 Å². The Morgan fingerprint density at radius 2 is 2.22 bits per heavy atom. The van der Waals surface area contributed by atoms with Crippen LogP contribution in [0.25, 0.3) is 10.4 Å². The first kappa shape index (κ1) is 12.9. The van der Waals surface area contributed by atoms with Gasteiger partial charge in [-0.1, -0.05) is 35.4 Å². The third-order valence-corrected chi connectivity index (χ3v) is 2.96. The van der Waals surface area contributed by atoms with E-state index in [0.717, 1.165) is 5.56 Å². The fourth-order valence-corrected chi connectivity index (χ4v) is 2.09. The molecule has 1 aliphatic heterocycles. The van der Waals surface area contributed by atoms with Gasteiger partial charge in [-0.15, -0.1) is 0 Å². The van der Waals surface area contributed by atoms with Crippen molar-refractivity contribution in [2.24, 2.45) is 5.11 Å². The number of nitrogens with zero attached hydrogens (tertiary/aromatic N) is 3. The van der Waals surface area contributed by atoms with Gasteiger partial charge in [0.05, 0.1) is 18.8 Å². The van der Waals surface area contributed by atoms with Gasteiger partial charge in [0.1, 0.15) is 12.8 Å². The molecular weight excluding hydrogens is 234 g/mol. The van der Waals surface area contributed by atoms with Crippen LogP contribution in [0.4, 0.5) is 0 Å². The molecule has 96 valence electrons. The zero-order valence-electron chi connectivity index (χ0n) is 9.85. The molecule has 1 fully saturated rings. The van der Waals surface area contributed by atoms with E-state index in [1.165, 1.54) is 0 Å². The van der Waals surface area contributed by atoms with Gasteiger partial charge in [0.15, 0.2) is 0 Å². The van der Waals surface area contributed by atoms with Crippen LogP contribution in [-0.2, 0) is 9.47 Å². The molecule has 3 atom stereocenters. The maximum Gasteiger partial charge on any atom is 0.126 e. The highest BCUT2D eigenvalue weighted by Gasteiger charge is 2.36. The lowest BCUT2D eigenvalue weighted by atomic mass is 10.0. The molecule has 1 heterocycles.